The summed E-state index contributed by atoms with van der Waals surface area (Å²) in [5.74, 6) is 0. The first-order valence-corrected chi connectivity index (χ1v) is 20.2. The Hall–Kier alpha value is -1.99. The van der Waals surface area contributed by atoms with Gasteiger partial charge < -0.3 is 0 Å². The van der Waals surface area contributed by atoms with Crippen LogP contribution in [0.25, 0.3) is 0 Å². The van der Waals surface area contributed by atoms with Crippen LogP contribution >= 0.6 is 0 Å². The van der Waals surface area contributed by atoms with E-state index in [1.54, 1.807) is 0 Å². The molecule has 0 amide bonds. The van der Waals surface area contributed by atoms with E-state index < -0.39 is 0 Å². The fourth-order valence-electron chi connectivity index (χ4n) is 6.29. The third kappa shape index (κ3) is 18.7. The molecule has 0 aliphatic carbocycles. The third-order valence-electron chi connectivity index (χ3n) is 9.29. The average Bonchev–Trinajstić information content (AvgIpc) is 3.08. The van der Waals surface area contributed by atoms with Crippen molar-refractivity contribution < 1.29 is 16.5 Å². The topological polar surface area (TPSA) is 24.7 Å². The number of hydrogen-bond acceptors (Lipinski definition) is 2. The van der Waals surface area contributed by atoms with Crippen LogP contribution < -0.4 is 0 Å². The summed E-state index contributed by atoms with van der Waals surface area (Å²) in [7, 11) is 0. The van der Waals surface area contributed by atoms with E-state index in [0.717, 1.165) is 67.7 Å². The number of rotatable bonds is 27. The Morgan fingerprint density at radius 3 is 1.67 bits per heavy atom. The Morgan fingerprint density at radius 2 is 1.06 bits per heavy atom. The van der Waals surface area contributed by atoms with Gasteiger partial charge in [0, 0.05) is 16.5 Å². The van der Waals surface area contributed by atoms with Crippen LogP contribution in [0.15, 0.2) is 58.5 Å². The number of nitrogens with zero attached hydrogens (tertiary/aromatic N) is 2. The molecule has 0 radical (unpaired) electrons. The predicted molar refractivity (Wildman–Crippen MR) is 213 cm³/mol. The van der Waals surface area contributed by atoms with Crippen molar-refractivity contribution in [3.8, 4) is 0 Å². The Balaban J connectivity index is 0.0000115. The minimum absolute atomic E-state index is 0. The summed E-state index contributed by atoms with van der Waals surface area (Å²) < 4.78 is 0. The first-order chi connectivity index (χ1) is 23.1. The Labute approximate surface area is 308 Å². The predicted octanol–water partition coefficient (Wildman–Crippen LogP) is 14.8. The van der Waals surface area contributed by atoms with E-state index in [4.69, 9.17) is 9.98 Å². The summed E-state index contributed by atoms with van der Waals surface area (Å²) in [4.78, 5) is 10.9. The van der Waals surface area contributed by atoms with E-state index in [-0.39, 0.29) is 16.5 Å². The van der Waals surface area contributed by atoms with Gasteiger partial charge in [0.2, 0.25) is 0 Å². The molecule has 0 aromatic heterocycles. The maximum atomic E-state index is 5.46. The molecule has 272 valence electrons. The third-order valence-corrected chi connectivity index (χ3v) is 9.29. The molecular weight excluding hydrogens is 627 g/mol. The SMILES string of the molecule is CCCCCCC/C=C/C(=Nc1cc(CCCCC)cc(CCCCC)c1)C(CCCC)=Nc1ccc(CCCC)c(CCCC)c1.[Ni]. The van der Waals surface area contributed by atoms with Crippen molar-refractivity contribution in [2.24, 2.45) is 9.98 Å². The summed E-state index contributed by atoms with van der Waals surface area (Å²) in [6.07, 6.45) is 32.7. The fourth-order valence-corrected chi connectivity index (χ4v) is 6.29. The van der Waals surface area contributed by atoms with Gasteiger partial charge in [-0.3, -0.25) is 4.99 Å². The van der Waals surface area contributed by atoms with E-state index in [1.807, 2.05) is 0 Å². The van der Waals surface area contributed by atoms with Crippen molar-refractivity contribution in [1.29, 1.82) is 0 Å². The minimum Gasteiger partial charge on any atom is -0.251 e. The fraction of sp³-hybridized carbons (Fsp3) is 0.644. The zero-order chi connectivity index (χ0) is 34.0. The molecule has 0 unspecified atom stereocenters. The summed E-state index contributed by atoms with van der Waals surface area (Å²) >= 11 is 0. The van der Waals surface area contributed by atoms with Crippen molar-refractivity contribution in [3.63, 3.8) is 0 Å². The Morgan fingerprint density at radius 1 is 0.500 bits per heavy atom. The smallest absolute Gasteiger partial charge is 0.0848 e. The van der Waals surface area contributed by atoms with E-state index in [2.05, 4.69) is 90.1 Å². The molecule has 2 nitrogen and oxygen atoms in total. The summed E-state index contributed by atoms with van der Waals surface area (Å²) in [5, 5.41) is 0. The van der Waals surface area contributed by atoms with E-state index in [1.165, 1.54) is 125 Å². The first kappa shape index (κ1) is 44.0. The van der Waals surface area contributed by atoms with E-state index in [9.17, 15) is 0 Å². The quantitative estimate of drug-likeness (QED) is 0.0504. The molecule has 48 heavy (non-hydrogen) atoms. The zero-order valence-electron chi connectivity index (χ0n) is 32.1. The van der Waals surface area contributed by atoms with Gasteiger partial charge in [-0.2, -0.15) is 0 Å². The van der Waals surface area contributed by atoms with Gasteiger partial charge in [0.25, 0.3) is 0 Å². The molecule has 0 heterocycles. The number of hydrogen-bond donors (Lipinski definition) is 0. The molecule has 0 aliphatic rings. The van der Waals surface area contributed by atoms with Crippen LogP contribution in [0.1, 0.15) is 186 Å². The number of allylic oxidation sites excluding steroid dienone is 2. The number of aryl methyl sites for hydroxylation is 4. The molecule has 0 aliphatic heterocycles. The summed E-state index contributed by atoms with van der Waals surface area (Å²) in [5.41, 5.74) is 10.3. The number of unbranched alkanes of at least 4 members (excludes halogenated alkanes) is 12. The molecule has 2 aromatic carbocycles. The van der Waals surface area contributed by atoms with Crippen molar-refractivity contribution in [2.45, 2.75) is 189 Å². The maximum Gasteiger partial charge on any atom is 0.0848 e. The van der Waals surface area contributed by atoms with Crippen LogP contribution in [0.5, 0.6) is 0 Å². The van der Waals surface area contributed by atoms with Gasteiger partial charge in [-0.25, -0.2) is 4.99 Å². The second kappa shape index (κ2) is 28.8. The van der Waals surface area contributed by atoms with E-state index in [0.29, 0.717) is 0 Å². The molecule has 2 aromatic rings. The Kier molecular flexibility index (Phi) is 26.4. The molecule has 0 saturated carbocycles. The minimum atomic E-state index is 0. The first-order valence-electron chi connectivity index (χ1n) is 20.2. The molecule has 2 rings (SSSR count). The van der Waals surface area contributed by atoms with Crippen molar-refractivity contribution in [2.75, 3.05) is 0 Å². The van der Waals surface area contributed by atoms with Gasteiger partial charge in [0.1, 0.15) is 0 Å². The average molecular weight is 700 g/mol. The van der Waals surface area contributed by atoms with Crippen LogP contribution in [-0.2, 0) is 42.2 Å². The van der Waals surface area contributed by atoms with Gasteiger partial charge >= 0.3 is 0 Å². The van der Waals surface area contributed by atoms with Crippen LogP contribution in [0.2, 0.25) is 0 Å². The van der Waals surface area contributed by atoms with Crippen molar-refractivity contribution >= 4 is 22.8 Å². The monoisotopic (exact) mass is 699 g/mol. The molecule has 0 saturated heterocycles. The van der Waals surface area contributed by atoms with Crippen LogP contribution in [-0.4, -0.2) is 11.4 Å². The maximum absolute atomic E-state index is 5.46. The second-order valence-electron chi connectivity index (χ2n) is 13.8. The van der Waals surface area contributed by atoms with Gasteiger partial charge in [-0.15, -0.1) is 0 Å². The largest absolute Gasteiger partial charge is 0.251 e. The standard InChI is InChI=1S/C45H72N2.Ni/c1-7-13-19-20-21-22-25-31-45(47-43-35-38(26-23-14-8-2)34-39(36-43)27-24-15-9-3)44(30-18-12-6)46-42-33-32-40(28-16-10-4)41(37-42)29-17-11-5;/h25,31-37H,7-24,26-30H2,1-6H3;/b31-25+,46-44?,47-45?;. The molecule has 0 atom stereocenters. The number of aliphatic imine (C=N–C) groups is 2. The van der Waals surface area contributed by atoms with Crippen molar-refractivity contribution in [3.05, 3.63) is 70.8 Å². The zero-order valence-corrected chi connectivity index (χ0v) is 33.1. The van der Waals surface area contributed by atoms with Crippen molar-refractivity contribution in [1.82, 2.24) is 0 Å². The molecule has 0 spiro atoms. The molecule has 0 N–H and O–H groups in total. The van der Waals surface area contributed by atoms with Crippen LogP contribution in [0, 0.1) is 0 Å². The van der Waals surface area contributed by atoms with Gasteiger partial charge in [0.15, 0.2) is 0 Å². The van der Waals surface area contributed by atoms with Gasteiger partial charge in [-0.1, -0.05) is 130 Å². The summed E-state index contributed by atoms with van der Waals surface area (Å²) in [6.45, 7) is 13.8. The molecule has 0 fully saturated rings. The second-order valence-corrected chi connectivity index (χ2v) is 13.8. The van der Waals surface area contributed by atoms with Crippen LogP contribution in [0.3, 0.4) is 0 Å². The van der Waals surface area contributed by atoms with E-state index >= 15 is 0 Å². The van der Waals surface area contributed by atoms with Gasteiger partial charge in [-0.05, 0) is 130 Å². The molecule has 0 bridgehead atoms. The molecule has 3 heteroatoms. The summed E-state index contributed by atoms with van der Waals surface area (Å²) in [6, 6.07) is 14.2. The van der Waals surface area contributed by atoms with Gasteiger partial charge in [0.05, 0.1) is 22.8 Å². The Bertz CT molecular complexity index is 1160. The normalized spacial score (nSPS) is 12.2. The van der Waals surface area contributed by atoms with Crippen LogP contribution in [0.4, 0.5) is 11.4 Å². The number of benzene rings is 2. The molecular formula is C45H72N2Ni.